The minimum atomic E-state index is -1.50. The summed E-state index contributed by atoms with van der Waals surface area (Å²) in [6.07, 6.45) is 0. The third kappa shape index (κ3) is 2.97. The molecule has 0 aliphatic heterocycles. The highest BCUT2D eigenvalue weighted by atomic mass is 32.2. The average Bonchev–Trinajstić information content (AvgIpc) is 2.29. The van der Waals surface area contributed by atoms with Gasteiger partial charge in [0.2, 0.25) is 0 Å². The smallest absolute Gasteiger partial charge is 0.139 e. The molecule has 0 heterocycles. The standard InChI is InChI=1S/C13H10F2OS/c14-11-5-3-4-10(8-11)9-17(16)13-7-2-1-6-12(13)15/h1-8H,9H2. The van der Waals surface area contributed by atoms with Crippen LogP contribution in [0, 0.1) is 11.6 Å². The van der Waals surface area contributed by atoms with Crippen LogP contribution in [0.25, 0.3) is 0 Å². The van der Waals surface area contributed by atoms with E-state index in [-0.39, 0.29) is 16.5 Å². The molecular formula is C13H10F2OS. The largest absolute Gasteiger partial charge is 0.254 e. The molecule has 17 heavy (non-hydrogen) atoms. The molecule has 1 nitrogen and oxygen atoms in total. The van der Waals surface area contributed by atoms with E-state index in [2.05, 4.69) is 0 Å². The van der Waals surface area contributed by atoms with E-state index in [9.17, 15) is 13.0 Å². The zero-order chi connectivity index (χ0) is 12.3. The van der Waals surface area contributed by atoms with Gasteiger partial charge in [-0.3, -0.25) is 4.21 Å². The average molecular weight is 252 g/mol. The van der Waals surface area contributed by atoms with Gasteiger partial charge in [-0.1, -0.05) is 24.3 Å². The first-order chi connectivity index (χ1) is 8.16. The van der Waals surface area contributed by atoms with Crippen molar-refractivity contribution < 1.29 is 13.0 Å². The van der Waals surface area contributed by atoms with Gasteiger partial charge < -0.3 is 0 Å². The van der Waals surface area contributed by atoms with E-state index < -0.39 is 16.6 Å². The van der Waals surface area contributed by atoms with Crippen molar-refractivity contribution in [2.75, 3.05) is 0 Å². The summed E-state index contributed by atoms with van der Waals surface area (Å²) >= 11 is 0. The van der Waals surface area contributed by atoms with E-state index in [1.165, 1.54) is 30.3 Å². The minimum Gasteiger partial charge on any atom is -0.254 e. The van der Waals surface area contributed by atoms with Crippen molar-refractivity contribution in [1.29, 1.82) is 0 Å². The normalized spacial score (nSPS) is 12.4. The molecular weight excluding hydrogens is 242 g/mol. The summed E-state index contributed by atoms with van der Waals surface area (Å²) in [6.45, 7) is 0. The third-order valence-electron chi connectivity index (χ3n) is 2.27. The van der Waals surface area contributed by atoms with Gasteiger partial charge in [0, 0.05) is 0 Å². The lowest BCUT2D eigenvalue weighted by atomic mass is 10.2. The fourth-order valence-corrected chi connectivity index (χ4v) is 2.64. The van der Waals surface area contributed by atoms with Crippen molar-refractivity contribution in [3.8, 4) is 0 Å². The fraction of sp³-hybridized carbons (Fsp3) is 0.0769. The summed E-state index contributed by atoms with van der Waals surface area (Å²) in [5.74, 6) is -0.770. The van der Waals surface area contributed by atoms with Crippen molar-refractivity contribution in [3.63, 3.8) is 0 Å². The molecule has 0 radical (unpaired) electrons. The van der Waals surface area contributed by atoms with Crippen molar-refractivity contribution >= 4 is 10.8 Å². The van der Waals surface area contributed by atoms with Crippen LogP contribution < -0.4 is 0 Å². The SMILES string of the molecule is O=S(Cc1cccc(F)c1)c1ccccc1F. The first kappa shape index (κ1) is 11.9. The lowest BCUT2D eigenvalue weighted by molar-refractivity contribution is 0.595. The highest BCUT2D eigenvalue weighted by molar-refractivity contribution is 7.84. The molecule has 2 aromatic carbocycles. The predicted octanol–water partition coefficient (Wildman–Crippen LogP) is 3.27. The monoisotopic (exact) mass is 252 g/mol. The molecule has 0 aromatic heterocycles. The van der Waals surface area contributed by atoms with Gasteiger partial charge in [0.1, 0.15) is 11.6 Å². The summed E-state index contributed by atoms with van der Waals surface area (Å²) in [6, 6.07) is 11.7. The summed E-state index contributed by atoms with van der Waals surface area (Å²) in [5.41, 5.74) is 0.589. The summed E-state index contributed by atoms with van der Waals surface area (Å²) in [7, 11) is -1.50. The lowest BCUT2D eigenvalue weighted by Gasteiger charge is -2.03. The van der Waals surface area contributed by atoms with Crippen molar-refractivity contribution in [2.24, 2.45) is 0 Å². The van der Waals surface area contributed by atoms with Crippen LogP contribution in [0.1, 0.15) is 5.56 Å². The molecule has 0 aliphatic rings. The Hall–Kier alpha value is -1.55. The molecule has 2 aromatic rings. The number of rotatable bonds is 3. The predicted molar refractivity (Wildman–Crippen MR) is 62.9 cm³/mol. The molecule has 1 atom stereocenters. The van der Waals surface area contributed by atoms with Gasteiger partial charge in [-0.15, -0.1) is 0 Å². The molecule has 1 unspecified atom stereocenters. The summed E-state index contributed by atoms with van der Waals surface area (Å²) < 4.78 is 38.2. The number of hydrogen-bond donors (Lipinski definition) is 0. The van der Waals surface area contributed by atoms with E-state index in [0.717, 1.165) is 0 Å². The molecule has 4 heteroatoms. The van der Waals surface area contributed by atoms with E-state index >= 15 is 0 Å². The van der Waals surface area contributed by atoms with Gasteiger partial charge in [0.25, 0.3) is 0 Å². The van der Waals surface area contributed by atoms with Crippen molar-refractivity contribution in [1.82, 2.24) is 0 Å². The van der Waals surface area contributed by atoms with Gasteiger partial charge in [-0.05, 0) is 29.8 Å². The Morgan fingerprint density at radius 2 is 1.76 bits per heavy atom. The molecule has 0 fully saturated rings. The van der Waals surface area contributed by atoms with Crippen LogP contribution in [-0.2, 0) is 16.6 Å². The Morgan fingerprint density at radius 1 is 1.00 bits per heavy atom. The Kier molecular flexibility index (Phi) is 3.64. The zero-order valence-electron chi connectivity index (χ0n) is 8.90. The number of halogens is 2. The van der Waals surface area contributed by atoms with Crippen LogP contribution in [0.3, 0.4) is 0 Å². The van der Waals surface area contributed by atoms with Crippen LogP contribution in [0.5, 0.6) is 0 Å². The maximum Gasteiger partial charge on any atom is 0.139 e. The van der Waals surface area contributed by atoms with Crippen LogP contribution in [0.4, 0.5) is 8.78 Å². The lowest BCUT2D eigenvalue weighted by Crippen LogP contribution is -1.99. The molecule has 2 rings (SSSR count). The van der Waals surface area contributed by atoms with Crippen LogP contribution in [0.15, 0.2) is 53.4 Å². The molecule has 88 valence electrons. The van der Waals surface area contributed by atoms with Gasteiger partial charge >= 0.3 is 0 Å². The van der Waals surface area contributed by atoms with E-state index in [1.54, 1.807) is 18.2 Å². The summed E-state index contributed by atoms with van der Waals surface area (Å²) in [5, 5.41) is 0. The van der Waals surface area contributed by atoms with Crippen molar-refractivity contribution in [3.05, 3.63) is 65.7 Å². The van der Waals surface area contributed by atoms with Gasteiger partial charge in [0.15, 0.2) is 0 Å². The Labute approximate surface area is 101 Å². The Balaban J connectivity index is 2.20. The molecule has 0 N–H and O–H groups in total. The molecule has 0 spiro atoms. The van der Waals surface area contributed by atoms with Gasteiger partial charge in [0.05, 0.1) is 21.4 Å². The van der Waals surface area contributed by atoms with Gasteiger partial charge in [-0.2, -0.15) is 0 Å². The minimum absolute atomic E-state index is 0.110. The molecule has 0 saturated heterocycles. The molecule has 0 amide bonds. The molecule has 0 saturated carbocycles. The highest BCUT2D eigenvalue weighted by Crippen LogP contribution is 2.16. The maximum atomic E-state index is 13.4. The van der Waals surface area contributed by atoms with E-state index in [4.69, 9.17) is 0 Å². The second kappa shape index (κ2) is 5.19. The van der Waals surface area contributed by atoms with Crippen LogP contribution >= 0.6 is 0 Å². The Bertz CT molecular complexity index is 555. The van der Waals surface area contributed by atoms with Crippen LogP contribution in [-0.4, -0.2) is 4.21 Å². The van der Waals surface area contributed by atoms with Crippen molar-refractivity contribution in [2.45, 2.75) is 10.6 Å². The quantitative estimate of drug-likeness (QED) is 0.819. The number of hydrogen-bond acceptors (Lipinski definition) is 1. The third-order valence-corrected chi connectivity index (χ3v) is 3.69. The first-order valence-electron chi connectivity index (χ1n) is 5.04. The molecule has 0 aliphatic carbocycles. The fourth-order valence-electron chi connectivity index (χ4n) is 1.49. The van der Waals surface area contributed by atoms with E-state index in [1.807, 2.05) is 0 Å². The summed E-state index contributed by atoms with van der Waals surface area (Å²) in [4.78, 5) is 0.150. The first-order valence-corrected chi connectivity index (χ1v) is 6.36. The zero-order valence-corrected chi connectivity index (χ0v) is 9.71. The van der Waals surface area contributed by atoms with Gasteiger partial charge in [-0.25, -0.2) is 8.78 Å². The topological polar surface area (TPSA) is 17.1 Å². The maximum absolute atomic E-state index is 13.4. The molecule has 0 bridgehead atoms. The second-order valence-electron chi connectivity index (χ2n) is 3.55. The Morgan fingerprint density at radius 3 is 2.47 bits per heavy atom. The van der Waals surface area contributed by atoms with Crippen LogP contribution in [0.2, 0.25) is 0 Å². The van der Waals surface area contributed by atoms with E-state index in [0.29, 0.717) is 5.56 Å². The second-order valence-corrected chi connectivity index (χ2v) is 4.97. The highest BCUT2D eigenvalue weighted by Gasteiger charge is 2.10. The number of benzene rings is 2.